The van der Waals surface area contributed by atoms with E-state index in [4.69, 9.17) is 10.2 Å². The van der Waals surface area contributed by atoms with Crippen molar-refractivity contribution in [2.24, 2.45) is 0 Å². The Hall–Kier alpha value is -2.71. The van der Waals surface area contributed by atoms with Gasteiger partial charge in [-0.25, -0.2) is 4.79 Å². The van der Waals surface area contributed by atoms with Crippen LogP contribution in [0.4, 0.5) is 5.82 Å². The zero-order valence-electron chi connectivity index (χ0n) is 10.9. The second-order valence-corrected chi connectivity index (χ2v) is 4.14. The van der Waals surface area contributed by atoms with Crippen molar-refractivity contribution in [1.29, 1.82) is 0 Å². The molecule has 0 fully saturated rings. The summed E-state index contributed by atoms with van der Waals surface area (Å²) in [7, 11) is 3.12. The molecule has 1 heterocycles. The van der Waals surface area contributed by atoms with E-state index in [0.717, 1.165) is 0 Å². The van der Waals surface area contributed by atoms with E-state index in [9.17, 15) is 14.4 Å². The fourth-order valence-corrected chi connectivity index (χ4v) is 1.31. The summed E-state index contributed by atoms with van der Waals surface area (Å²) in [4.78, 5) is 34.3. The third-order valence-corrected chi connectivity index (χ3v) is 2.29. The van der Waals surface area contributed by atoms with Crippen LogP contribution in [0.15, 0.2) is 12.1 Å². The highest BCUT2D eigenvalue weighted by Gasteiger charge is 2.21. The molecule has 1 atom stereocenters. The first kappa shape index (κ1) is 15.3. The lowest BCUT2D eigenvalue weighted by molar-refractivity contribution is -0.144. The van der Waals surface area contributed by atoms with Crippen molar-refractivity contribution in [2.75, 3.05) is 19.4 Å². The van der Waals surface area contributed by atoms with Crippen molar-refractivity contribution >= 4 is 23.7 Å². The Morgan fingerprint density at radius 2 is 1.90 bits per heavy atom. The van der Waals surface area contributed by atoms with Crippen LogP contribution in [0.2, 0.25) is 0 Å². The van der Waals surface area contributed by atoms with Crippen LogP contribution in [0, 0.1) is 0 Å². The van der Waals surface area contributed by atoms with Crippen molar-refractivity contribution in [2.45, 2.75) is 12.5 Å². The maximum atomic E-state index is 11.6. The Morgan fingerprint density at radius 3 is 2.30 bits per heavy atom. The molecule has 0 radical (unpaired) electrons. The summed E-state index contributed by atoms with van der Waals surface area (Å²) in [6, 6.07) is 1.41. The predicted octanol–water partition coefficient (Wildman–Crippen LogP) is -0.482. The lowest BCUT2D eigenvalue weighted by atomic mass is 10.2. The molecule has 0 spiro atoms. The molecule has 9 heteroatoms. The first-order valence-corrected chi connectivity index (χ1v) is 5.57. The lowest BCUT2D eigenvalue weighted by Gasteiger charge is -2.13. The average molecular weight is 282 g/mol. The molecule has 0 saturated heterocycles. The Labute approximate surface area is 114 Å². The number of carbonyl (C=O) groups excluding carboxylic acids is 1. The van der Waals surface area contributed by atoms with Gasteiger partial charge in [-0.05, 0) is 12.1 Å². The highest BCUT2D eigenvalue weighted by atomic mass is 16.4. The highest BCUT2D eigenvalue weighted by Crippen LogP contribution is 2.07. The minimum absolute atomic E-state index is 0.0777. The number of nitrogens with one attached hydrogen (secondary N) is 1. The van der Waals surface area contributed by atoms with Crippen LogP contribution in [-0.2, 0) is 9.59 Å². The third kappa shape index (κ3) is 4.19. The Kier molecular flexibility index (Phi) is 4.95. The number of carbonyl (C=O) groups is 3. The summed E-state index contributed by atoms with van der Waals surface area (Å²) in [5, 5.41) is 27.2. The Balaban J connectivity index is 2.80. The molecule has 9 nitrogen and oxygen atoms in total. The van der Waals surface area contributed by atoms with E-state index in [2.05, 4.69) is 15.5 Å². The number of aromatic nitrogens is 2. The minimum Gasteiger partial charge on any atom is -0.481 e. The molecule has 20 heavy (non-hydrogen) atoms. The monoisotopic (exact) mass is 282 g/mol. The van der Waals surface area contributed by atoms with Crippen LogP contribution in [0.3, 0.4) is 0 Å². The van der Waals surface area contributed by atoms with Gasteiger partial charge >= 0.3 is 11.9 Å². The first-order valence-electron chi connectivity index (χ1n) is 5.57. The number of rotatable bonds is 6. The molecule has 0 bridgehead atoms. The molecule has 1 amide bonds. The third-order valence-electron chi connectivity index (χ3n) is 2.29. The largest absolute Gasteiger partial charge is 0.481 e. The van der Waals surface area contributed by atoms with Gasteiger partial charge in [-0.15, -0.1) is 10.2 Å². The molecular formula is C11H14N4O5. The van der Waals surface area contributed by atoms with Crippen LogP contribution in [0.5, 0.6) is 0 Å². The van der Waals surface area contributed by atoms with E-state index in [-0.39, 0.29) is 17.4 Å². The number of carboxylic acid groups (broad SMARTS) is 2. The van der Waals surface area contributed by atoms with E-state index in [1.807, 2.05) is 0 Å². The number of hydrogen-bond acceptors (Lipinski definition) is 6. The van der Waals surface area contributed by atoms with Crippen LogP contribution in [0.25, 0.3) is 0 Å². The van der Waals surface area contributed by atoms with Crippen molar-refractivity contribution in [1.82, 2.24) is 15.1 Å². The number of hydrogen-bond donors (Lipinski definition) is 3. The van der Waals surface area contributed by atoms with Crippen molar-refractivity contribution < 1.29 is 24.6 Å². The van der Waals surface area contributed by atoms with Gasteiger partial charge in [0, 0.05) is 14.1 Å². The number of carboxylic acids is 2. The molecule has 3 N–H and O–H groups in total. The molecular weight excluding hydrogens is 268 g/mol. The number of aliphatic carboxylic acids is 2. The molecule has 1 aromatic rings. The average Bonchev–Trinajstić information content (AvgIpc) is 2.37. The summed E-state index contributed by atoms with van der Waals surface area (Å²) in [5.74, 6) is -2.83. The summed E-state index contributed by atoms with van der Waals surface area (Å²) >= 11 is 0. The molecule has 108 valence electrons. The normalized spacial score (nSPS) is 11.5. The van der Waals surface area contributed by atoms with Crippen LogP contribution in [0.1, 0.15) is 16.9 Å². The Morgan fingerprint density at radius 1 is 1.25 bits per heavy atom. The molecule has 0 aliphatic rings. The summed E-state index contributed by atoms with van der Waals surface area (Å²) in [6.45, 7) is 0. The Bertz CT molecular complexity index is 514. The van der Waals surface area contributed by atoms with Crippen LogP contribution in [-0.4, -0.2) is 63.3 Å². The van der Waals surface area contributed by atoms with E-state index < -0.39 is 24.4 Å². The van der Waals surface area contributed by atoms with Gasteiger partial charge in [0.15, 0.2) is 5.69 Å². The zero-order chi connectivity index (χ0) is 15.3. The van der Waals surface area contributed by atoms with Crippen LogP contribution >= 0.6 is 0 Å². The van der Waals surface area contributed by atoms with Gasteiger partial charge in [0.2, 0.25) is 0 Å². The minimum atomic E-state index is -1.32. The number of amides is 1. The molecule has 0 aromatic carbocycles. The zero-order valence-corrected chi connectivity index (χ0v) is 10.9. The molecule has 0 aliphatic heterocycles. The van der Waals surface area contributed by atoms with Gasteiger partial charge in [0.05, 0.1) is 6.42 Å². The van der Waals surface area contributed by atoms with Gasteiger partial charge in [0.1, 0.15) is 11.9 Å². The smallest absolute Gasteiger partial charge is 0.326 e. The molecule has 0 saturated carbocycles. The summed E-state index contributed by atoms with van der Waals surface area (Å²) < 4.78 is 0. The van der Waals surface area contributed by atoms with Gasteiger partial charge in [-0.3, -0.25) is 9.59 Å². The van der Waals surface area contributed by atoms with Gasteiger partial charge < -0.3 is 20.4 Å². The second kappa shape index (κ2) is 6.45. The standard InChI is InChI=1S/C11H14N4O5/c1-15(2)10(18)6-3-4-8(14-13-6)12-7(11(19)20)5-9(16)17/h3-4,7H,5H2,1-2H3,(H,12,14)(H,16,17)(H,19,20). The molecule has 1 aromatic heterocycles. The second-order valence-electron chi connectivity index (χ2n) is 4.14. The maximum absolute atomic E-state index is 11.6. The molecule has 1 rings (SSSR count). The van der Waals surface area contributed by atoms with Crippen LogP contribution < -0.4 is 5.32 Å². The number of anilines is 1. The van der Waals surface area contributed by atoms with E-state index >= 15 is 0 Å². The quantitative estimate of drug-likeness (QED) is 0.637. The maximum Gasteiger partial charge on any atom is 0.326 e. The van der Waals surface area contributed by atoms with E-state index in [1.54, 1.807) is 14.1 Å². The lowest BCUT2D eigenvalue weighted by Crippen LogP contribution is -2.32. The van der Waals surface area contributed by atoms with Gasteiger partial charge in [-0.1, -0.05) is 0 Å². The van der Waals surface area contributed by atoms with Crippen molar-refractivity contribution in [3.63, 3.8) is 0 Å². The van der Waals surface area contributed by atoms with Gasteiger partial charge in [0.25, 0.3) is 5.91 Å². The van der Waals surface area contributed by atoms with Gasteiger partial charge in [-0.2, -0.15) is 0 Å². The fraction of sp³-hybridized carbons (Fsp3) is 0.364. The van der Waals surface area contributed by atoms with Crippen molar-refractivity contribution in [3.05, 3.63) is 17.8 Å². The molecule has 1 unspecified atom stereocenters. The summed E-state index contributed by atoms with van der Waals surface area (Å²) in [5.41, 5.74) is 0.102. The van der Waals surface area contributed by atoms with Crippen molar-refractivity contribution in [3.8, 4) is 0 Å². The predicted molar refractivity (Wildman–Crippen MR) is 67.3 cm³/mol. The highest BCUT2D eigenvalue weighted by molar-refractivity contribution is 5.91. The van der Waals surface area contributed by atoms with E-state index in [0.29, 0.717) is 0 Å². The fourth-order valence-electron chi connectivity index (χ4n) is 1.31. The number of nitrogens with zero attached hydrogens (tertiary/aromatic N) is 3. The molecule has 0 aliphatic carbocycles. The first-order chi connectivity index (χ1) is 9.31. The van der Waals surface area contributed by atoms with E-state index in [1.165, 1.54) is 17.0 Å². The SMILES string of the molecule is CN(C)C(=O)c1ccc(NC(CC(=O)O)C(=O)O)nn1. The summed E-state index contributed by atoms with van der Waals surface area (Å²) in [6.07, 6.45) is -0.602. The topological polar surface area (TPSA) is 133 Å².